The summed E-state index contributed by atoms with van der Waals surface area (Å²) < 4.78 is 0. The van der Waals surface area contributed by atoms with Gasteiger partial charge in [-0.15, -0.1) is 0 Å². The van der Waals surface area contributed by atoms with E-state index < -0.39 is 5.97 Å². The van der Waals surface area contributed by atoms with Crippen molar-refractivity contribution in [2.45, 2.75) is 39.0 Å². The molecule has 2 nitrogen and oxygen atoms in total. The molecule has 0 aliphatic heterocycles. The molecule has 0 saturated heterocycles. The average molecular weight is 282 g/mol. The maximum Gasteiger partial charge on any atom is 0.304 e. The maximum atomic E-state index is 11.2. The largest absolute Gasteiger partial charge is 0.481 e. The quantitative estimate of drug-likeness (QED) is 0.861. The minimum absolute atomic E-state index is 0.0939. The van der Waals surface area contributed by atoms with E-state index in [2.05, 4.69) is 44.2 Å². The summed E-state index contributed by atoms with van der Waals surface area (Å²) in [6.45, 7) is 6.35. The van der Waals surface area contributed by atoms with Gasteiger partial charge in [-0.25, -0.2) is 0 Å². The molecule has 2 aromatic rings. The first-order valence-electron chi connectivity index (χ1n) is 7.35. The van der Waals surface area contributed by atoms with Crippen LogP contribution in [0.5, 0.6) is 0 Å². The lowest BCUT2D eigenvalue weighted by molar-refractivity contribution is -0.137. The summed E-state index contributed by atoms with van der Waals surface area (Å²) in [5, 5.41) is 9.22. The number of hydrogen-bond donors (Lipinski definition) is 1. The first-order chi connectivity index (χ1) is 9.97. The van der Waals surface area contributed by atoms with E-state index in [0.29, 0.717) is 5.92 Å². The molecule has 2 aromatic carbocycles. The van der Waals surface area contributed by atoms with E-state index in [1.165, 1.54) is 5.56 Å². The van der Waals surface area contributed by atoms with Gasteiger partial charge in [-0.05, 0) is 29.5 Å². The molecule has 0 radical (unpaired) electrons. The van der Waals surface area contributed by atoms with Crippen LogP contribution in [0.25, 0.3) is 0 Å². The van der Waals surface area contributed by atoms with Crippen LogP contribution < -0.4 is 0 Å². The third-order valence-electron chi connectivity index (χ3n) is 3.83. The van der Waals surface area contributed by atoms with Crippen LogP contribution in [0.4, 0.5) is 0 Å². The van der Waals surface area contributed by atoms with E-state index in [1.54, 1.807) is 0 Å². The van der Waals surface area contributed by atoms with E-state index in [0.717, 1.165) is 16.7 Å². The second-order valence-corrected chi connectivity index (χ2v) is 5.89. The molecule has 2 rings (SSSR count). The summed E-state index contributed by atoms with van der Waals surface area (Å²) >= 11 is 0. The van der Waals surface area contributed by atoms with Crippen molar-refractivity contribution in [1.82, 2.24) is 0 Å². The third kappa shape index (κ3) is 3.94. The van der Waals surface area contributed by atoms with Crippen LogP contribution in [0.1, 0.15) is 54.4 Å². The molecule has 0 heterocycles. The molecule has 0 fully saturated rings. The Hall–Kier alpha value is -2.09. The summed E-state index contributed by atoms with van der Waals surface area (Å²) in [5.74, 6) is -0.381. The highest BCUT2D eigenvalue weighted by Gasteiger charge is 2.18. The lowest BCUT2D eigenvalue weighted by Gasteiger charge is -2.17. The van der Waals surface area contributed by atoms with Gasteiger partial charge in [-0.3, -0.25) is 4.79 Å². The maximum absolute atomic E-state index is 11.2. The van der Waals surface area contributed by atoms with Gasteiger partial charge in [0.1, 0.15) is 0 Å². The fourth-order valence-corrected chi connectivity index (χ4v) is 2.60. The van der Waals surface area contributed by atoms with Gasteiger partial charge < -0.3 is 5.11 Å². The minimum atomic E-state index is -0.769. The van der Waals surface area contributed by atoms with Crippen molar-refractivity contribution in [1.29, 1.82) is 0 Å². The van der Waals surface area contributed by atoms with Gasteiger partial charge in [-0.1, -0.05) is 67.9 Å². The molecule has 0 amide bonds. The van der Waals surface area contributed by atoms with Gasteiger partial charge in [0, 0.05) is 5.92 Å². The SMILES string of the molecule is Cc1cccc(C(CC(=O)O)c2ccc(C(C)C)cc2)c1. The number of carboxylic acid groups (broad SMARTS) is 1. The van der Waals surface area contributed by atoms with Crippen molar-refractivity contribution in [3.05, 3.63) is 70.8 Å². The third-order valence-corrected chi connectivity index (χ3v) is 3.83. The molecule has 0 spiro atoms. The molecule has 1 atom stereocenters. The molecular formula is C19H22O2. The van der Waals surface area contributed by atoms with Crippen LogP contribution in [0.2, 0.25) is 0 Å². The minimum Gasteiger partial charge on any atom is -0.481 e. The summed E-state index contributed by atoms with van der Waals surface area (Å²) in [6, 6.07) is 16.4. The number of hydrogen-bond acceptors (Lipinski definition) is 1. The average Bonchev–Trinajstić information content (AvgIpc) is 2.44. The fourth-order valence-electron chi connectivity index (χ4n) is 2.60. The first-order valence-corrected chi connectivity index (χ1v) is 7.35. The Balaban J connectivity index is 2.38. The monoisotopic (exact) mass is 282 g/mol. The second kappa shape index (κ2) is 6.57. The molecule has 0 aromatic heterocycles. The van der Waals surface area contributed by atoms with Crippen molar-refractivity contribution in [3.63, 3.8) is 0 Å². The molecule has 21 heavy (non-hydrogen) atoms. The lowest BCUT2D eigenvalue weighted by Crippen LogP contribution is -2.08. The van der Waals surface area contributed by atoms with Crippen LogP contribution in [-0.4, -0.2) is 11.1 Å². The van der Waals surface area contributed by atoms with Crippen LogP contribution >= 0.6 is 0 Å². The van der Waals surface area contributed by atoms with Crippen LogP contribution in [0, 0.1) is 6.92 Å². The number of benzene rings is 2. The predicted octanol–water partition coefficient (Wildman–Crippen LogP) is 4.73. The van der Waals surface area contributed by atoms with Crippen LogP contribution in [0.3, 0.4) is 0 Å². The molecule has 0 bridgehead atoms. The highest BCUT2D eigenvalue weighted by Crippen LogP contribution is 2.29. The Morgan fingerprint density at radius 1 is 1.00 bits per heavy atom. The van der Waals surface area contributed by atoms with E-state index in [9.17, 15) is 9.90 Å². The zero-order valence-corrected chi connectivity index (χ0v) is 12.8. The number of rotatable bonds is 5. The number of carbonyl (C=O) groups is 1. The van der Waals surface area contributed by atoms with Crippen molar-refractivity contribution in [2.24, 2.45) is 0 Å². The Kier molecular flexibility index (Phi) is 4.79. The Morgan fingerprint density at radius 2 is 1.62 bits per heavy atom. The molecule has 2 heteroatoms. The number of aryl methyl sites for hydroxylation is 1. The standard InChI is InChI=1S/C19H22O2/c1-13(2)15-7-9-16(10-8-15)18(12-19(20)21)17-6-4-5-14(3)11-17/h4-11,13,18H,12H2,1-3H3,(H,20,21). The van der Waals surface area contributed by atoms with Gasteiger partial charge in [-0.2, -0.15) is 0 Å². The van der Waals surface area contributed by atoms with Gasteiger partial charge in [0.05, 0.1) is 6.42 Å². The Bertz CT molecular complexity index is 612. The molecule has 110 valence electrons. The van der Waals surface area contributed by atoms with Crippen molar-refractivity contribution < 1.29 is 9.90 Å². The summed E-state index contributed by atoms with van der Waals surface area (Å²) in [5.41, 5.74) is 4.56. The molecular weight excluding hydrogens is 260 g/mol. The zero-order chi connectivity index (χ0) is 15.4. The topological polar surface area (TPSA) is 37.3 Å². The highest BCUT2D eigenvalue weighted by atomic mass is 16.4. The van der Waals surface area contributed by atoms with Gasteiger partial charge in [0.2, 0.25) is 0 Å². The van der Waals surface area contributed by atoms with Gasteiger partial charge in [0.15, 0.2) is 0 Å². The van der Waals surface area contributed by atoms with Crippen molar-refractivity contribution >= 4 is 5.97 Å². The molecule has 1 unspecified atom stereocenters. The van der Waals surface area contributed by atoms with E-state index >= 15 is 0 Å². The summed E-state index contributed by atoms with van der Waals surface area (Å²) in [6.07, 6.45) is 0.116. The lowest BCUT2D eigenvalue weighted by atomic mass is 9.87. The highest BCUT2D eigenvalue weighted by molar-refractivity contribution is 5.69. The molecule has 0 aliphatic rings. The van der Waals surface area contributed by atoms with E-state index in [1.807, 2.05) is 25.1 Å². The molecule has 0 saturated carbocycles. The van der Waals surface area contributed by atoms with E-state index in [-0.39, 0.29) is 12.3 Å². The van der Waals surface area contributed by atoms with Gasteiger partial charge >= 0.3 is 5.97 Å². The summed E-state index contributed by atoms with van der Waals surface area (Å²) in [7, 11) is 0. The zero-order valence-electron chi connectivity index (χ0n) is 12.8. The van der Waals surface area contributed by atoms with Crippen LogP contribution in [0.15, 0.2) is 48.5 Å². The number of aliphatic carboxylic acids is 1. The van der Waals surface area contributed by atoms with Gasteiger partial charge in [0.25, 0.3) is 0 Å². The normalized spacial score (nSPS) is 12.4. The first kappa shape index (κ1) is 15.3. The second-order valence-electron chi connectivity index (χ2n) is 5.89. The Morgan fingerprint density at radius 3 is 2.14 bits per heavy atom. The van der Waals surface area contributed by atoms with Crippen molar-refractivity contribution in [2.75, 3.05) is 0 Å². The molecule has 0 aliphatic carbocycles. The fraction of sp³-hybridized carbons (Fsp3) is 0.316. The molecule has 1 N–H and O–H groups in total. The number of carboxylic acids is 1. The summed E-state index contributed by atoms with van der Waals surface area (Å²) in [4.78, 5) is 11.2. The predicted molar refractivity (Wildman–Crippen MR) is 85.8 cm³/mol. The Labute approximate surface area is 126 Å². The van der Waals surface area contributed by atoms with Crippen LogP contribution in [-0.2, 0) is 4.79 Å². The van der Waals surface area contributed by atoms with E-state index in [4.69, 9.17) is 0 Å². The smallest absolute Gasteiger partial charge is 0.304 e. The van der Waals surface area contributed by atoms with Crippen molar-refractivity contribution in [3.8, 4) is 0 Å².